The van der Waals surface area contributed by atoms with Crippen molar-refractivity contribution in [2.24, 2.45) is 5.92 Å². The molecule has 0 atom stereocenters. The number of nitro groups is 1. The summed E-state index contributed by atoms with van der Waals surface area (Å²) in [6, 6.07) is 2.59. The summed E-state index contributed by atoms with van der Waals surface area (Å²) in [7, 11) is 0. The lowest BCUT2D eigenvalue weighted by molar-refractivity contribution is -0.384. The highest BCUT2D eigenvalue weighted by Crippen LogP contribution is 2.39. The van der Waals surface area contributed by atoms with Crippen LogP contribution in [0.3, 0.4) is 0 Å². The number of nitro benzene ring substituents is 1. The SMILES string of the molecule is O=C(COC(=O)CCC1CCCCC1)Nc1cc2c(cc1[N+](=O)[O-])OCCCO2. The summed E-state index contributed by atoms with van der Waals surface area (Å²) < 4.78 is 16.0. The number of fused-ring (bicyclic) bond motifs is 1. The molecule has 1 saturated carbocycles. The highest BCUT2D eigenvalue weighted by Gasteiger charge is 2.23. The molecule has 1 N–H and O–H groups in total. The molecule has 158 valence electrons. The number of amides is 1. The second-order valence-electron chi connectivity index (χ2n) is 7.38. The summed E-state index contributed by atoms with van der Waals surface area (Å²) in [4.78, 5) is 34.8. The predicted octanol–water partition coefficient (Wildman–Crippen LogP) is 3.60. The number of ether oxygens (including phenoxy) is 3. The Balaban J connectivity index is 1.53. The Morgan fingerprint density at radius 1 is 1.10 bits per heavy atom. The summed E-state index contributed by atoms with van der Waals surface area (Å²) in [5.41, 5.74) is -0.339. The summed E-state index contributed by atoms with van der Waals surface area (Å²) in [5, 5.41) is 13.8. The normalized spacial score (nSPS) is 16.6. The molecule has 1 aliphatic heterocycles. The number of rotatable bonds is 7. The molecule has 0 bridgehead atoms. The molecule has 0 aromatic heterocycles. The topological polar surface area (TPSA) is 117 Å². The molecule has 0 radical (unpaired) electrons. The third-order valence-electron chi connectivity index (χ3n) is 5.18. The van der Waals surface area contributed by atoms with Crippen LogP contribution in [0.25, 0.3) is 0 Å². The summed E-state index contributed by atoms with van der Waals surface area (Å²) in [6.07, 6.45) is 7.65. The number of hydrogen-bond donors (Lipinski definition) is 1. The predicted molar refractivity (Wildman–Crippen MR) is 104 cm³/mol. The first-order valence-electron chi connectivity index (χ1n) is 10.1. The van der Waals surface area contributed by atoms with E-state index in [1.54, 1.807) is 0 Å². The molecule has 9 nitrogen and oxygen atoms in total. The third kappa shape index (κ3) is 6.07. The second kappa shape index (κ2) is 10.1. The van der Waals surface area contributed by atoms with Gasteiger partial charge in [0.25, 0.3) is 11.6 Å². The van der Waals surface area contributed by atoms with E-state index in [1.165, 1.54) is 31.4 Å². The average molecular weight is 406 g/mol. The van der Waals surface area contributed by atoms with Crippen LogP contribution in [0, 0.1) is 16.0 Å². The molecular weight excluding hydrogens is 380 g/mol. The van der Waals surface area contributed by atoms with Gasteiger partial charge < -0.3 is 19.5 Å². The Hall–Kier alpha value is -2.84. The van der Waals surface area contributed by atoms with Crippen LogP contribution < -0.4 is 14.8 Å². The van der Waals surface area contributed by atoms with E-state index in [9.17, 15) is 19.7 Å². The van der Waals surface area contributed by atoms with E-state index in [0.29, 0.717) is 31.3 Å². The lowest BCUT2D eigenvalue weighted by atomic mass is 9.86. The number of hydrogen-bond acceptors (Lipinski definition) is 7. The van der Waals surface area contributed by atoms with Crippen LogP contribution >= 0.6 is 0 Å². The van der Waals surface area contributed by atoms with Gasteiger partial charge in [-0.1, -0.05) is 32.1 Å². The molecule has 3 rings (SSSR count). The lowest BCUT2D eigenvalue weighted by Crippen LogP contribution is -2.22. The molecule has 29 heavy (non-hydrogen) atoms. The van der Waals surface area contributed by atoms with Crippen LogP contribution in [-0.4, -0.2) is 36.6 Å². The van der Waals surface area contributed by atoms with Crippen molar-refractivity contribution < 1.29 is 28.7 Å². The van der Waals surface area contributed by atoms with Crippen LogP contribution in [0.4, 0.5) is 11.4 Å². The van der Waals surface area contributed by atoms with Crippen molar-refractivity contribution in [2.45, 2.75) is 51.4 Å². The Morgan fingerprint density at radius 3 is 2.48 bits per heavy atom. The second-order valence-corrected chi connectivity index (χ2v) is 7.38. The largest absolute Gasteiger partial charge is 0.489 e. The Kier molecular flexibility index (Phi) is 7.26. The zero-order valence-electron chi connectivity index (χ0n) is 16.3. The molecule has 1 aromatic carbocycles. The summed E-state index contributed by atoms with van der Waals surface area (Å²) in [6.45, 7) is 0.318. The van der Waals surface area contributed by atoms with Crippen molar-refractivity contribution in [3.05, 3.63) is 22.2 Å². The van der Waals surface area contributed by atoms with Gasteiger partial charge in [-0.15, -0.1) is 0 Å². The fourth-order valence-electron chi connectivity index (χ4n) is 3.65. The molecule has 1 amide bonds. The Bertz CT molecular complexity index is 759. The van der Waals surface area contributed by atoms with E-state index >= 15 is 0 Å². The van der Waals surface area contributed by atoms with Crippen molar-refractivity contribution in [3.8, 4) is 11.5 Å². The van der Waals surface area contributed by atoms with Gasteiger partial charge in [-0.3, -0.25) is 19.7 Å². The van der Waals surface area contributed by atoms with Crippen molar-refractivity contribution in [1.82, 2.24) is 0 Å². The van der Waals surface area contributed by atoms with Gasteiger partial charge in [0.2, 0.25) is 0 Å². The molecule has 2 aliphatic rings. The van der Waals surface area contributed by atoms with Gasteiger partial charge in [0.15, 0.2) is 18.1 Å². The van der Waals surface area contributed by atoms with Crippen molar-refractivity contribution in [1.29, 1.82) is 0 Å². The quantitative estimate of drug-likeness (QED) is 0.418. The van der Waals surface area contributed by atoms with E-state index in [0.717, 1.165) is 19.3 Å². The molecular formula is C20H26N2O7. The van der Waals surface area contributed by atoms with Crippen molar-refractivity contribution >= 4 is 23.3 Å². The highest BCUT2D eigenvalue weighted by molar-refractivity contribution is 5.95. The first-order chi connectivity index (χ1) is 14.0. The van der Waals surface area contributed by atoms with Gasteiger partial charge in [0.05, 0.1) is 24.2 Å². The van der Waals surface area contributed by atoms with E-state index in [4.69, 9.17) is 14.2 Å². The van der Waals surface area contributed by atoms with Crippen LogP contribution in [0.1, 0.15) is 51.4 Å². The molecule has 1 aromatic rings. The average Bonchev–Trinajstić information content (AvgIpc) is 2.95. The first kappa shape index (κ1) is 20.9. The van der Waals surface area contributed by atoms with Gasteiger partial charge in [0, 0.05) is 18.9 Å². The van der Waals surface area contributed by atoms with Crippen molar-refractivity contribution in [2.75, 3.05) is 25.1 Å². The fraction of sp³-hybridized carbons (Fsp3) is 0.600. The molecule has 9 heteroatoms. The van der Waals surface area contributed by atoms with Crippen LogP contribution in [0.15, 0.2) is 12.1 Å². The fourth-order valence-corrected chi connectivity index (χ4v) is 3.65. The number of carbonyl (C=O) groups excluding carboxylic acids is 2. The maximum atomic E-state index is 12.2. The zero-order valence-corrected chi connectivity index (χ0v) is 16.3. The van der Waals surface area contributed by atoms with Gasteiger partial charge in [-0.2, -0.15) is 0 Å². The maximum Gasteiger partial charge on any atom is 0.306 e. The van der Waals surface area contributed by atoms with E-state index in [-0.39, 0.29) is 23.5 Å². The van der Waals surface area contributed by atoms with Crippen molar-refractivity contribution in [3.63, 3.8) is 0 Å². The lowest BCUT2D eigenvalue weighted by Gasteiger charge is -2.20. The number of anilines is 1. The zero-order chi connectivity index (χ0) is 20.6. The third-order valence-corrected chi connectivity index (χ3v) is 5.18. The van der Waals surface area contributed by atoms with E-state index < -0.39 is 23.4 Å². The number of benzene rings is 1. The first-order valence-corrected chi connectivity index (χ1v) is 10.1. The minimum Gasteiger partial charge on any atom is -0.489 e. The maximum absolute atomic E-state index is 12.2. The Labute approximate surface area is 168 Å². The number of nitrogens with zero attached hydrogens (tertiary/aromatic N) is 1. The van der Waals surface area contributed by atoms with Crippen LogP contribution in [0.2, 0.25) is 0 Å². The molecule has 1 fully saturated rings. The smallest absolute Gasteiger partial charge is 0.306 e. The summed E-state index contributed by atoms with van der Waals surface area (Å²) in [5.74, 6) is 0.0660. The molecule has 1 heterocycles. The van der Waals surface area contributed by atoms with Gasteiger partial charge in [-0.05, 0) is 12.3 Å². The van der Waals surface area contributed by atoms with Crippen LogP contribution in [-0.2, 0) is 14.3 Å². The molecule has 0 saturated heterocycles. The van der Waals surface area contributed by atoms with Gasteiger partial charge in [0.1, 0.15) is 5.69 Å². The Morgan fingerprint density at radius 2 is 1.79 bits per heavy atom. The highest BCUT2D eigenvalue weighted by atomic mass is 16.6. The minimum absolute atomic E-state index is 0.0255. The molecule has 1 aliphatic carbocycles. The van der Waals surface area contributed by atoms with Gasteiger partial charge in [-0.25, -0.2) is 0 Å². The summed E-state index contributed by atoms with van der Waals surface area (Å²) >= 11 is 0. The van der Waals surface area contributed by atoms with Crippen LogP contribution in [0.5, 0.6) is 11.5 Å². The number of esters is 1. The molecule has 0 spiro atoms. The molecule has 0 unspecified atom stereocenters. The number of nitrogens with one attached hydrogen (secondary N) is 1. The van der Waals surface area contributed by atoms with E-state index in [1.807, 2.05) is 0 Å². The van der Waals surface area contributed by atoms with Gasteiger partial charge >= 0.3 is 5.97 Å². The minimum atomic E-state index is -0.645. The monoisotopic (exact) mass is 406 g/mol. The number of carbonyl (C=O) groups is 2. The standard InChI is InChI=1S/C20H26N2O7/c23-19(13-29-20(24)8-7-14-5-2-1-3-6-14)21-15-11-17-18(12-16(15)22(25)26)28-10-4-9-27-17/h11-12,14H,1-10,13H2,(H,21,23). The van der Waals surface area contributed by atoms with E-state index in [2.05, 4.69) is 5.32 Å².